The van der Waals surface area contributed by atoms with Crippen LogP contribution in [0.1, 0.15) is 5.56 Å². The lowest BCUT2D eigenvalue weighted by molar-refractivity contribution is 1.00. The fourth-order valence-electron chi connectivity index (χ4n) is 2.74. The summed E-state index contributed by atoms with van der Waals surface area (Å²) in [4.78, 5) is 26.7. The molecule has 116 valence electrons. The van der Waals surface area contributed by atoms with Crippen molar-refractivity contribution < 1.29 is 0 Å². The summed E-state index contributed by atoms with van der Waals surface area (Å²) in [5.41, 5.74) is 3.59. The highest BCUT2D eigenvalue weighted by atomic mass is 32.2. The fraction of sp³-hybridized carbons (Fsp3) is 0.0588. The van der Waals surface area contributed by atoms with E-state index in [1.807, 2.05) is 18.5 Å². The Balaban J connectivity index is 2.05. The quantitative estimate of drug-likeness (QED) is 0.434. The Bertz CT molecular complexity index is 1190. The van der Waals surface area contributed by atoms with Gasteiger partial charge < -0.3 is 9.97 Å². The minimum Gasteiger partial charge on any atom is -0.361 e. The molecule has 6 nitrogen and oxygen atoms in total. The summed E-state index contributed by atoms with van der Waals surface area (Å²) in [5, 5.41) is 11.1. The topological polar surface area (TPSA) is 98.2 Å². The predicted molar refractivity (Wildman–Crippen MR) is 93.9 cm³/mol. The number of thioether (sulfide) groups is 1. The van der Waals surface area contributed by atoms with Gasteiger partial charge in [-0.25, -0.2) is 9.97 Å². The number of fused-ring (bicyclic) bond motifs is 2. The Hall–Kier alpha value is -3.11. The molecule has 0 atom stereocenters. The average molecular weight is 333 g/mol. The van der Waals surface area contributed by atoms with Crippen molar-refractivity contribution >= 4 is 33.6 Å². The standard InChI is InChI=1S/C17H11N5OS/c1-24-17-21-8-13-15(22-17)12(7-20-16(13)23)11-6-19-14-4-9(5-18)2-3-10(11)14/h2-4,6-8,19H,1H3,(H,20,23). The lowest BCUT2D eigenvalue weighted by Gasteiger charge is -2.05. The maximum absolute atomic E-state index is 12.1. The maximum Gasteiger partial charge on any atom is 0.259 e. The number of aromatic amines is 2. The van der Waals surface area contributed by atoms with Crippen molar-refractivity contribution in [1.29, 1.82) is 5.26 Å². The van der Waals surface area contributed by atoms with E-state index in [9.17, 15) is 4.79 Å². The monoisotopic (exact) mass is 333 g/mol. The van der Waals surface area contributed by atoms with Crippen LogP contribution in [0.25, 0.3) is 32.9 Å². The zero-order chi connectivity index (χ0) is 16.7. The lowest BCUT2D eigenvalue weighted by Crippen LogP contribution is -2.08. The third kappa shape index (κ3) is 2.16. The number of hydrogen-bond donors (Lipinski definition) is 2. The highest BCUT2D eigenvalue weighted by molar-refractivity contribution is 7.98. The molecule has 0 spiro atoms. The van der Waals surface area contributed by atoms with Crippen molar-refractivity contribution in [2.75, 3.05) is 6.26 Å². The number of hydrogen-bond acceptors (Lipinski definition) is 5. The van der Waals surface area contributed by atoms with Crippen LogP contribution >= 0.6 is 11.8 Å². The number of aromatic nitrogens is 4. The van der Waals surface area contributed by atoms with E-state index >= 15 is 0 Å². The van der Waals surface area contributed by atoms with E-state index in [0.29, 0.717) is 21.6 Å². The molecule has 0 aliphatic heterocycles. The number of H-pyrrole nitrogens is 2. The summed E-state index contributed by atoms with van der Waals surface area (Å²) in [5.74, 6) is 0. The van der Waals surface area contributed by atoms with Crippen LogP contribution in [-0.4, -0.2) is 26.2 Å². The number of rotatable bonds is 2. The van der Waals surface area contributed by atoms with E-state index in [0.717, 1.165) is 22.0 Å². The van der Waals surface area contributed by atoms with Crippen molar-refractivity contribution in [3.63, 3.8) is 0 Å². The highest BCUT2D eigenvalue weighted by Crippen LogP contribution is 2.32. The molecule has 3 aromatic heterocycles. The Morgan fingerprint density at radius 2 is 2.00 bits per heavy atom. The first kappa shape index (κ1) is 14.5. The van der Waals surface area contributed by atoms with Crippen LogP contribution in [-0.2, 0) is 0 Å². The second-order valence-electron chi connectivity index (χ2n) is 5.22. The van der Waals surface area contributed by atoms with Crippen LogP contribution in [0.2, 0.25) is 0 Å². The van der Waals surface area contributed by atoms with Gasteiger partial charge in [-0.2, -0.15) is 5.26 Å². The SMILES string of the molecule is CSc1ncc2c(=O)[nH]cc(-c3c[nH]c4cc(C#N)ccc34)c2n1. The van der Waals surface area contributed by atoms with Crippen LogP contribution in [0.5, 0.6) is 0 Å². The molecule has 1 aromatic carbocycles. The van der Waals surface area contributed by atoms with Crippen molar-refractivity contribution in [3.05, 3.63) is 52.7 Å². The number of pyridine rings is 1. The van der Waals surface area contributed by atoms with E-state index in [-0.39, 0.29) is 5.56 Å². The van der Waals surface area contributed by atoms with Crippen LogP contribution in [0.3, 0.4) is 0 Å². The molecular formula is C17H11N5OS. The molecule has 0 aliphatic carbocycles. The van der Waals surface area contributed by atoms with Crippen molar-refractivity contribution in [2.24, 2.45) is 0 Å². The second kappa shape index (κ2) is 5.51. The summed E-state index contributed by atoms with van der Waals surface area (Å²) in [6.45, 7) is 0. The number of nitrogens with zero attached hydrogens (tertiary/aromatic N) is 3. The summed E-state index contributed by atoms with van der Waals surface area (Å²) >= 11 is 1.43. The van der Waals surface area contributed by atoms with E-state index in [2.05, 4.69) is 26.0 Å². The molecule has 0 bridgehead atoms. The molecule has 24 heavy (non-hydrogen) atoms. The lowest BCUT2D eigenvalue weighted by atomic mass is 10.0. The van der Waals surface area contributed by atoms with Crippen molar-refractivity contribution in [2.45, 2.75) is 5.16 Å². The molecule has 4 rings (SSSR count). The smallest absolute Gasteiger partial charge is 0.259 e. The fourth-order valence-corrected chi connectivity index (χ4v) is 3.08. The van der Waals surface area contributed by atoms with Gasteiger partial charge in [0.2, 0.25) is 0 Å². The number of nitrogens with one attached hydrogen (secondary N) is 2. The van der Waals surface area contributed by atoms with Crippen LogP contribution in [0.4, 0.5) is 0 Å². The van der Waals surface area contributed by atoms with Crippen LogP contribution in [0.15, 0.2) is 46.7 Å². The Morgan fingerprint density at radius 1 is 1.17 bits per heavy atom. The molecule has 4 aromatic rings. The summed E-state index contributed by atoms with van der Waals surface area (Å²) in [6.07, 6.45) is 6.98. The second-order valence-corrected chi connectivity index (χ2v) is 6.00. The third-order valence-corrected chi connectivity index (χ3v) is 4.46. The Kier molecular flexibility index (Phi) is 3.32. The van der Waals surface area contributed by atoms with Gasteiger partial charge in [0.1, 0.15) is 0 Å². The van der Waals surface area contributed by atoms with Gasteiger partial charge in [-0.1, -0.05) is 17.8 Å². The molecule has 2 N–H and O–H groups in total. The van der Waals surface area contributed by atoms with Crippen LogP contribution in [0, 0.1) is 11.3 Å². The van der Waals surface area contributed by atoms with Crippen molar-refractivity contribution in [3.8, 4) is 17.2 Å². The van der Waals surface area contributed by atoms with Gasteiger partial charge in [-0.3, -0.25) is 4.79 Å². The molecule has 7 heteroatoms. The molecule has 0 aliphatic rings. The highest BCUT2D eigenvalue weighted by Gasteiger charge is 2.14. The van der Waals surface area contributed by atoms with Gasteiger partial charge in [0.15, 0.2) is 5.16 Å². The van der Waals surface area contributed by atoms with Gasteiger partial charge in [0.25, 0.3) is 5.56 Å². The maximum atomic E-state index is 12.1. The minimum atomic E-state index is -0.215. The first-order valence-corrected chi connectivity index (χ1v) is 8.38. The van der Waals surface area contributed by atoms with Gasteiger partial charge >= 0.3 is 0 Å². The van der Waals surface area contributed by atoms with Gasteiger partial charge in [-0.15, -0.1) is 0 Å². The number of nitriles is 1. The first-order valence-electron chi connectivity index (χ1n) is 7.15. The van der Waals surface area contributed by atoms with Gasteiger partial charge in [0.05, 0.1) is 22.5 Å². The van der Waals surface area contributed by atoms with E-state index < -0.39 is 0 Å². The van der Waals surface area contributed by atoms with Crippen molar-refractivity contribution in [1.82, 2.24) is 19.9 Å². The zero-order valence-corrected chi connectivity index (χ0v) is 13.4. The van der Waals surface area contributed by atoms with Gasteiger partial charge in [0, 0.05) is 40.6 Å². The molecule has 0 saturated carbocycles. The molecule has 0 amide bonds. The molecule has 0 saturated heterocycles. The molecule has 0 fully saturated rings. The Labute approximate surface area is 140 Å². The number of benzene rings is 1. The van der Waals surface area contributed by atoms with E-state index in [4.69, 9.17) is 5.26 Å². The molecular weight excluding hydrogens is 322 g/mol. The zero-order valence-electron chi connectivity index (χ0n) is 12.6. The van der Waals surface area contributed by atoms with E-state index in [1.165, 1.54) is 11.8 Å². The Morgan fingerprint density at radius 3 is 2.79 bits per heavy atom. The summed E-state index contributed by atoms with van der Waals surface area (Å²) < 4.78 is 0. The van der Waals surface area contributed by atoms with Gasteiger partial charge in [-0.05, 0) is 18.4 Å². The first-order chi connectivity index (χ1) is 11.7. The molecule has 3 heterocycles. The normalized spacial score (nSPS) is 11.0. The largest absolute Gasteiger partial charge is 0.361 e. The van der Waals surface area contributed by atoms with E-state index in [1.54, 1.807) is 24.5 Å². The summed E-state index contributed by atoms with van der Waals surface area (Å²) in [7, 11) is 0. The predicted octanol–water partition coefficient (Wildman–Crippen LogP) is 3.06. The third-order valence-electron chi connectivity index (χ3n) is 3.90. The average Bonchev–Trinajstić information content (AvgIpc) is 3.04. The van der Waals surface area contributed by atoms with Crippen LogP contribution < -0.4 is 5.56 Å². The minimum absolute atomic E-state index is 0.215. The summed E-state index contributed by atoms with van der Waals surface area (Å²) in [6, 6.07) is 7.60. The molecule has 0 unspecified atom stereocenters. The molecule has 0 radical (unpaired) electrons.